The van der Waals surface area contributed by atoms with Crippen molar-refractivity contribution in [1.82, 2.24) is 15.1 Å². The first-order valence-electron chi connectivity index (χ1n) is 6.32. The van der Waals surface area contributed by atoms with Gasteiger partial charge in [-0.1, -0.05) is 18.5 Å². The number of aromatic nitrogens is 2. The van der Waals surface area contributed by atoms with Crippen molar-refractivity contribution in [1.29, 1.82) is 0 Å². The number of anilines is 1. The summed E-state index contributed by atoms with van der Waals surface area (Å²) in [5, 5.41) is 8.82. The van der Waals surface area contributed by atoms with Gasteiger partial charge in [-0.3, -0.25) is 0 Å². The second-order valence-corrected chi connectivity index (χ2v) is 5.84. The van der Waals surface area contributed by atoms with Gasteiger partial charge in [-0.2, -0.15) is 0 Å². The summed E-state index contributed by atoms with van der Waals surface area (Å²) >= 11 is 6.00. The molecule has 2 rings (SSSR count). The van der Waals surface area contributed by atoms with Crippen LogP contribution in [-0.4, -0.2) is 48.3 Å². The molecule has 2 heterocycles. The summed E-state index contributed by atoms with van der Waals surface area (Å²) in [4.78, 5) is 4.61. The Morgan fingerprint density at radius 1 is 1.17 bits per heavy atom. The van der Waals surface area contributed by atoms with Crippen LogP contribution in [0.2, 0.25) is 5.15 Å². The molecule has 1 fully saturated rings. The van der Waals surface area contributed by atoms with Crippen molar-refractivity contribution >= 4 is 17.4 Å². The van der Waals surface area contributed by atoms with E-state index in [1.165, 1.54) is 0 Å². The summed E-state index contributed by atoms with van der Waals surface area (Å²) in [7, 11) is 4.27. The highest BCUT2D eigenvalue weighted by Crippen LogP contribution is 2.29. The van der Waals surface area contributed by atoms with Gasteiger partial charge in [0, 0.05) is 19.1 Å². The first-order chi connectivity index (χ1) is 8.41. The van der Waals surface area contributed by atoms with Gasteiger partial charge >= 0.3 is 0 Å². The Morgan fingerprint density at radius 3 is 2.39 bits per heavy atom. The molecule has 1 aromatic heterocycles. The van der Waals surface area contributed by atoms with Crippen LogP contribution in [0.3, 0.4) is 0 Å². The minimum atomic E-state index is 0.507. The van der Waals surface area contributed by atoms with Crippen LogP contribution in [0.25, 0.3) is 0 Å². The molecule has 1 aliphatic rings. The molecule has 100 valence electrons. The highest BCUT2D eigenvalue weighted by atomic mass is 35.5. The van der Waals surface area contributed by atoms with Crippen molar-refractivity contribution in [2.24, 2.45) is 5.92 Å². The van der Waals surface area contributed by atoms with Crippen LogP contribution >= 0.6 is 11.6 Å². The van der Waals surface area contributed by atoms with Gasteiger partial charge in [-0.05, 0) is 45.0 Å². The fourth-order valence-corrected chi connectivity index (χ4v) is 2.84. The fraction of sp³-hybridized carbons (Fsp3) is 0.692. The summed E-state index contributed by atoms with van der Waals surface area (Å²) in [6, 6.07) is 0.571. The van der Waals surface area contributed by atoms with Gasteiger partial charge in [0.15, 0.2) is 11.0 Å². The smallest absolute Gasteiger partial charge is 0.155 e. The van der Waals surface area contributed by atoms with Gasteiger partial charge in [0.1, 0.15) is 0 Å². The molecule has 0 aliphatic carbocycles. The normalized spacial score (nSPS) is 24.1. The van der Waals surface area contributed by atoms with Gasteiger partial charge in [-0.25, -0.2) is 0 Å². The maximum atomic E-state index is 6.00. The lowest BCUT2D eigenvalue weighted by Crippen LogP contribution is -2.34. The molecule has 2 atom stereocenters. The Labute approximate surface area is 114 Å². The molecule has 4 nitrogen and oxygen atoms in total. The van der Waals surface area contributed by atoms with Gasteiger partial charge in [0.2, 0.25) is 0 Å². The predicted octanol–water partition coefficient (Wildman–Crippen LogP) is 2.13. The summed E-state index contributed by atoms with van der Waals surface area (Å²) in [5.41, 5.74) is 2.17. The lowest BCUT2D eigenvalue weighted by molar-refractivity contribution is 0.266. The molecule has 5 heteroatoms. The third-order valence-corrected chi connectivity index (χ3v) is 4.33. The summed E-state index contributed by atoms with van der Waals surface area (Å²) in [6.45, 7) is 8.39. The highest BCUT2D eigenvalue weighted by Gasteiger charge is 2.32. The van der Waals surface area contributed by atoms with Crippen molar-refractivity contribution in [3.05, 3.63) is 16.3 Å². The molecular formula is C13H21ClN4. The third kappa shape index (κ3) is 2.31. The van der Waals surface area contributed by atoms with Crippen LogP contribution in [0.15, 0.2) is 0 Å². The van der Waals surface area contributed by atoms with Gasteiger partial charge < -0.3 is 9.80 Å². The maximum Gasteiger partial charge on any atom is 0.155 e. The molecule has 0 amide bonds. The molecule has 0 aromatic carbocycles. The standard InChI is InChI=1S/C13H21ClN4/c1-8-6-18(7-11(8)17(4)5)13-10(3)9(2)12(14)15-16-13/h8,11H,6-7H2,1-5H3. The van der Waals surface area contributed by atoms with E-state index in [9.17, 15) is 0 Å². The second kappa shape index (κ2) is 5.02. The van der Waals surface area contributed by atoms with E-state index in [0.717, 1.165) is 30.0 Å². The Balaban J connectivity index is 2.27. The average molecular weight is 269 g/mol. The van der Waals surface area contributed by atoms with E-state index in [2.05, 4.69) is 47.9 Å². The zero-order valence-corrected chi connectivity index (χ0v) is 12.5. The van der Waals surface area contributed by atoms with E-state index in [4.69, 9.17) is 11.6 Å². The summed E-state index contributed by atoms with van der Waals surface area (Å²) in [6.07, 6.45) is 0. The lowest BCUT2D eigenvalue weighted by Gasteiger charge is -2.23. The van der Waals surface area contributed by atoms with Crippen LogP contribution in [0.4, 0.5) is 5.82 Å². The molecule has 0 radical (unpaired) electrons. The summed E-state index contributed by atoms with van der Waals surface area (Å²) < 4.78 is 0. The zero-order chi connectivity index (χ0) is 13.4. The van der Waals surface area contributed by atoms with E-state index in [1.54, 1.807) is 0 Å². The van der Waals surface area contributed by atoms with Crippen molar-refractivity contribution in [3.63, 3.8) is 0 Å². The Bertz CT molecular complexity index is 447. The minimum Gasteiger partial charge on any atom is -0.353 e. The largest absolute Gasteiger partial charge is 0.353 e. The van der Waals surface area contributed by atoms with Gasteiger partial charge in [-0.15, -0.1) is 10.2 Å². The van der Waals surface area contributed by atoms with Crippen LogP contribution in [0.5, 0.6) is 0 Å². The fourth-order valence-electron chi connectivity index (χ4n) is 2.66. The molecule has 1 saturated heterocycles. The van der Waals surface area contributed by atoms with Gasteiger partial charge in [0.05, 0.1) is 0 Å². The van der Waals surface area contributed by atoms with Crippen LogP contribution in [-0.2, 0) is 0 Å². The van der Waals surface area contributed by atoms with E-state index >= 15 is 0 Å². The molecule has 0 N–H and O–H groups in total. The van der Waals surface area contributed by atoms with Crippen LogP contribution < -0.4 is 4.90 Å². The minimum absolute atomic E-state index is 0.507. The number of hydrogen-bond acceptors (Lipinski definition) is 4. The maximum absolute atomic E-state index is 6.00. The SMILES string of the molecule is Cc1c(Cl)nnc(N2CC(C)C(N(C)C)C2)c1C. The van der Waals surface area contributed by atoms with E-state index < -0.39 is 0 Å². The lowest BCUT2D eigenvalue weighted by atomic mass is 10.1. The Kier molecular flexibility index (Phi) is 3.78. The number of likely N-dealkylation sites (N-methyl/N-ethyl adjacent to an activating group) is 1. The van der Waals surface area contributed by atoms with Crippen LogP contribution in [0.1, 0.15) is 18.1 Å². The molecule has 0 spiro atoms. The first-order valence-corrected chi connectivity index (χ1v) is 6.70. The molecule has 0 saturated carbocycles. The molecule has 1 aromatic rings. The number of rotatable bonds is 2. The van der Waals surface area contributed by atoms with E-state index in [-0.39, 0.29) is 0 Å². The first kappa shape index (κ1) is 13.6. The van der Waals surface area contributed by atoms with Crippen molar-refractivity contribution < 1.29 is 0 Å². The summed E-state index contributed by atoms with van der Waals surface area (Å²) in [5.74, 6) is 1.62. The number of nitrogens with zero attached hydrogens (tertiary/aromatic N) is 4. The quantitative estimate of drug-likeness (QED) is 0.823. The van der Waals surface area contributed by atoms with Crippen molar-refractivity contribution in [2.75, 3.05) is 32.1 Å². The zero-order valence-electron chi connectivity index (χ0n) is 11.7. The second-order valence-electron chi connectivity index (χ2n) is 5.48. The molecule has 1 aliphatic heterocycles. The Hall–Kier alpha value is -0.870. The van der Waals surface area contributed by atoms with Gasteiger partial charge in [0.25, 0.3) is 0 Å². The predicted molar refractivity (Wildman–Crippen MR) is 75.4 cm³/mol. The highest BCUT2D eigenvalue weighted by molar-refractivity contribution is 6.30. The van der Waals surface area contributed by atoms with Crippen LogP contribution in [0, 0.1) is 19.8 Å². The molecule has 18 heavy (non-hydrogen) atoms. The van der Waals surface area contributed by atoms with E-state index in [1.807, 2.05) is 6.92 Å². The molecule has 0 bridgehead atoms. The molecule has 2 unspecified atom stereocenters. The monoisotopic (exact) mass is 268 g/mol. The van der Waals surface area contributed by atoms with Crippen molar-refractivity contribution in [2.45, 2.75) is 26.8 Å². The molecular weight excluding hydrogens is 248 g/mol. The topological polar surface area (TPSA) is 32.3 Å². The third-order valence-electron chi connectivity index (χ3n) is 3.98. The number of halogens is 1. The van der Waals surface area contributed by atoms with Crippen molar-refractivity contribution in [3.8, 4) is 0 Å². The number of hydrogen-bond donors (Lipinski definition) is 0. The Morgan fingerprint density at radius 2 is 1.83 bits per heavy atom. The van der Waals surface area contributed by atoms with E-state index in [0.29, 0.717) is 17.1 Å². The average Bonchev–Trinajstić information content (AvgIpc) is 2.68.